The van der Waals surface area contributed by atoms with Crippen LogP contribution in [0.1, 0.15) is 64.7 Å². The molecule has 2 aliphatic rings. The van der Waals surface area contributed by atoms with Crippen LogP contribution < -0.4 is 0 Å². The number of hydrogen-bond acceptors (Lipinski definition) is 0. The lowest BCUT2D eigenvalue weighted by Crippen LogP contribution is -2.26. The van der Waals surface area contributed by atoms with E-state index in [1.165, 1.54) is 32.1 Å². The maximum atomic E-state index is 13.0. The van der Waals surface area contributed by atoms with E-state index < -0.39 is 5.92 Å². The van der Waals surface area contributed by atoms with Gasteiger partial charge in [0, 0.05) is 12.8 Å². The molecule has 2 fully saturated rings. The van der Waals surface area contributed by atoms with E-state index in [0.29, 0.717) is 5.92 Å². The molecule has 0 nitrogen and oxygen atoms in total. The monoisotopic (exact) mass is 230 g/mol. The Morgan fingerprint density at radius 1 is 0.875 bits per heavy atom. The fraction of sp³-hybridized carbons (Fsp3) is 1.00. The molecule has 0 aromatic heterocycles. The zero-order valence-corrected chi connectivity index (χ0v) is 10.4. The molecular weight excluding hydrogens is 206 g/mol. The van der Waals surface area contributed by atoms with Crippen molar-refractivity contribution in [1.29, 1.82) is 0 Å². The van der Waals surface area contributed by atoms with Gasteiger partial charge in [0.05, 0.1) is 0 Å². The van der Waals surface area contributed by atoms with Crippen molar-refractivity contribution in [1.82, 2.24) is 0 Å². The number of rotatable bonds is 2. The first-order valence-electron chi connectivity index (χ1n) is 6.93. The van der Waals surface area contributed by atoms with Crippen molar-refractivity contribution in [3.63, 3.8) is 0 Å². The van der Waals surface area contributed by atoms with E-state index in [4.69, 9.17) is 0 Å². The smallest absolute Gasteiger partial charge is 0.207 e. The summed E-state index contributed by atoms with van der Waals surface area (Å²) in [6.45, 7) is 2.33. The fourth-order valence-corrected chi connectivity index (χ4v) is 3.37. The summed E-state index contributed by atoms with van der Waals surface area (Å²) < 4.78 is 26.0. The van der Waals surface area contributed by atoms with E-state index in [0.717, 1.165) is 24.7 Å². The van der Waals surface area contributed by atoms with Crippen molar-refractivity contribution < 1.29 is 8.78 Å². The van der Waals surface area contributed by atoms with Crippen molar-refractivity contribution in [2.75, 3.05) is 0 Å². The predicted molar refractivity (Wildman–Crippen MR) is 62.6 cm³/mol. The second-order valence-corrected chi connectivity index (χ2v) is 6.16. The Kier molecular flexibility index (Phi) is 3.86. The van der Waals surface area contributed by atoms with Gasteiger partial charge in [-0.15, -0.1) is 0 Å². The van der Waals surface area contributed by atoms with Gasteiger partial charge in [-0.2, -0.15) is 0 Å². The Morgan fingerprint density at radius 2 is 1.38 bits per heavy atom. The van der Waals surface area contributed by atoms with Crippen LogP contribution in [0.4, 0.5) is 8.78 Å². The molecule has 0 aromatic rings. The van der Waals surface area contributed by atoms with Crippen LogP contribution >= 0.6 is 0 Å². The highest BCUT2D eigenvalue weighted by atomic mass is 19.3. The molecular formula is C14H24F2. The largest absolute Gasteiger partial charge is 0.248 e. The lowest BCUT2D eigenvalue weighted by Gasteiger charge is -2.33. The molecule has 0 heterocycles. The van der Waals surface area contributed by atoms with Gasteiger partial charge in [0.2, 0.25) is 5.92 Å². The van der Waals surface area contributed by atoms with Gasteiger partial charge in [0.15, 0.2) is 0 Å². The predicted octanol–water partition coefficient (Wildman–Crippen LogP) is 5.03. The van der Waals surface area contributed by atoms with Crippen molar-refractivity contribution in [3.05, 3.63) is 0 Å². The molecule has 16 heavy (non-hydrogen) atoms. The molecule has 0 saturated heterocycles. The SMILES string of the molecule is CC1CCC(CC2CCC(F)(F)CC2)CC1. The molecule has 0 amide bonds. The number of hydrogen-bond donors (Lipinski definition) is 0. The zero-order chi connectivity index (χ0) is 11.6. The molecule has 2 saturated carbocycles. The summed E-state index contributed by atoms with van der Waals surface area (Å²) in [4.78, 5) is 0. The summed E-state index contributed by atoms with van der Waals surface area (Å²) in [5, 5.41) is 0. The molecule has 0 aliphatic heterocycles. The third-order valence-corrected chi connectivity index (χ3v) is 4.64. The maximum absolute atomic E-state index is 13.0. The Morgan fingerprint density at radius 3 is 1.94 bits per heavy atom. The molecule has 0 spiro atoms. The standard InChI is InChI=1S/C14H24F2/c1-11-2-4-12(5-3-11)10-13-6-8-14(15,16)9-7-13/h11-13H,2-10H2,1H3. The third kappa shape index (κ3) is 3.43. The van der Waals surface area contributed by atoms with Crippen molar-refractivity contribution >= 4 is 0 Å². The van der Waals surface area contributed by atoms with Crippen LogP contribution in [-0.2, 0) is 0 Å². The second-order valence-electron chi connectivity index (χ2n) is 6.16. The molecule has 2 aliphatic carbocycles. The highest BCUT2D eigenvalue weighted by Crippen LogP contribution is 2.41. The lowest BCUT2D eigenvalue weighted by atomic mass is 9.75. The average molecular weight is 230 g/mol. The van der Waals surface area contributed by atoms with Crippen LogP contribution in [0.2, 0.25) is 0 Å². The molecule has 2 heteroatoms. The molecule has 94 valence electrons. The minimum Gasteiger partial charge on any atom is -0.207 e. The van der Waals surface area contributed by atoms with E-state index in [-0.39, 0.29) is 12.8 Å². The van der Waals surface area contributed by atoms with E-state index in [1.54, 1.807) is 0 Å². The van der Waals surface area contributed by atoms with Crippen molar-refractivity contribution in [2.45, 2.75) is 70.6 Å². The van der Waals surface area contributed by atoms with Gasteiger partial charge in [-0.3, -0.25) is 0 Å². The van der Waals surface area contributed by atoms with Gasteiger partial charge in [-0.05, 0) is 37.0 Å². The second kappa shape index (κ2) is 5.01. The first-order chi connectivity index (χ1) is 7.55. The van der Waals surface area contributed by atoms with Gasteiger partial charge in [-0.25, -0.2) is 8.78 Å². The van der Waals surface area contributed by atoms with Crippen molar-refractivity contribution in [3.8, 4) is 0 Å². The molecule has 2 rings (SSSR count). The van der Waals surface area contributed by atoms with Gasteiger partial charge in [0.25, 0.3) is 0 Å². The molecule has 0 aromatic carbocycles. The van der Waals surface area contributed by atoms with Crippen LogP contribution in [-0.4, -0.2) is 5.92 Å². The van der Waals surface area contributed by atoms with Gasteiger partial charge >= 0.3 is 0 Å². The van der Waals surface area contributed by atoms with Crippen LogP contribution in [0.5, 0.6) is 0 Å². The van der Waals surface area contributed by atoms with Crippen molar-refractivity contribution in [2.24, 2.45) is 17.8 Å². The van der Waals surface area contributed by atoms with Crippen LogP contribution in [0, 0.1) is 17.8 Å². The first kappa shape index (κ1) is 12.3. The molecule has 0 atom stereocenters. The van der Waals surface area contributed by atoms with Crippen LogP contribution in [0.3, 0.4) is 0 Å². The van der Waals surface area contributed by atoms with E-state index in [2.05, 4.69) is 6.92 Å². The quantitative estimate of drug-likeness (QED) is 0.624. The highest BCUT2D eigenvalue weighted by Gasteiger charge is 2.35. The Hall–Kier alpha value is -0.140. The summed E-state index contributed by atoms with van der Waals surface area (Å²) in [5.74, 6) is -0.0182. The summed E-state index contributed by atoms with van der Waals surface area (Å²) in [7, 11) is 0. The molecule has 0 bridgehead atoms. The minimum atomic E-state index is -2.35. The van der Waals surface area contributed by atoms with E-state index >= 15 is 0 Å². The molecule has 0 radical (unpaired) electrons. The summed E-state index contributed by atoms with van der Waals surface area (Å²) in [5.41, 5.74) is 0. The summed E-state index contributed by atoms with van der Waals surface area (Å²) in [6.07, 6.45) is 8.42. The molecule has 0 unspecified atom stereocenters. The van der Waals surface area contributed by atoms with Gasteiger partial charge in [0.1, 0.15) is 0 Å². The fourth-order valence-electron chi connectivity index (χ4n) is 3.37. The van der Waals surface area contributed by atoms with Gasteiger partial charge in [-0.1, -0.05) is 32.6 Å². The first-order valence-corrected chi connectivity index (χ1v) is 6.93. The lowest BCUT2D eigenvalue weighted by molar-refractivity contribution is -0.0486. The number of alkyl halides is 2. The normalized spacial score (nSPS) is 36.2. The molecule has 0 N–H and O–H groups in total. The summed E-state index contributed by atoms with van der Waals surface area (Å²) in [6, 6.07) is 0. The maximum Gasteiger partial charge on any atom is 0.248 e. The Balaban J connectivity index is 1.71. The average Bonchev–Trinajstić information content (AvgIpc) is 2.24. The zero-order valence-electron chi connectivity index (χ0n) is 10.4. The highest BCUT2D eigenvalue weighted by molar-refractivity contribution is 4.80. The van der Waals surface area contributed by atoms with E-state index in [1.807, 2.05) is 0 Å². The Bertz CT molecular complexity index is 207. The Labute approximate surface area is 97.8 Å². The van der Waals surface area contributed by atoms with Crippen LogP contribution in [0.15, 0.2) is 0 Å². The topological polar surface area (TPSA) is 0 Å². The third-order valence-electron chi connectivity index (χ3n) is 4.64. The van der Waals surface area contributed by atoms with Gasteiger partial charge < -0.3 is 0 Å². The number of halogens is 2. The van der Waals surface area contributed by atoms with E-state index in [9.17, 15) is 8.78 Å². The minimum absolute atomic E-state index is 0.140. The summed E-state index contributed by atoms with van der Waals surface area (Å²) >= 11 is 0. The van der Waals surface area contributed by atoms with Crippen LogP contribution in [0.25, 0.3) is 0 Å².